The first kappa shape index (κ1) is 31.5. The van der Waals surface area contributed by atoms with Crippen LogP contribution in [0.25, 0.3) is 0 Å². The first-order valence-corrected chi connectivity index (χ1v) is 12.4. The Labute approximate surface area is 237 Å². The molecule has 0 spiro atoms. The quantitative estimate of drug-likeness (QED) is 0.261. The van der Waals surface area contributed by atoms with E-state index in [0.717, 1.165) is 0 Å². The number of carbonyl (C=O) groups is 2. The van der Waals surface area contributed by atoms with Gasteiger partial charge in [-0.1, -0.05) is 24.3 Å². The zero-order valence-corrected chi connectivity index (χ0v) is 22.9. The topological polar surface area (TPSA) is 49.4 Å². The van der Waals surface area contributed by atoms with Gasteiger partial charge in [-0.05, 0) is 74.3 Å². The van der Waals surface area contributed by atoms with Crippen LogP contribution in [-0.2, 0) is 5.67 Å². The van der Waals surface area contributed by atoms with Gasteiger partial charge in [-0.3, -0.25) is 9.59 Å². The van der Waals surface area contributed by atoms with Crippen LogP contribution in [-0.4, -0.2) is 37.1 Å². The fourth-order valence-electron chi connectivity index (χ4n) is 3.54. The van der Waals surface area contributed by atoms with Crippen molar-refractivity contribution in [2.24, 2.45) is 0 Å². The number of rotatable bonds is 6. The lowest BCUT2D eigenvalue weighted by Gasteiger charge is -2.36. The lowest BCUT2D eigenvalue weighted by Crippen LogP contribution is -2.59. The van der Waals surface area contributed by atoms with Crippen LogP contribution in [0.1, 0.15) is 26.3 Å². The molecule has 1 N–H and O–H groups in total. The SMILES string of the molecule is CN(C(=O)c1ccccc1)c1cccc(C(=O)Nc2c(Br)cc(C(F)(C(F)(F)F)C(F)(F)C(F)(F)F)cc2Br)c1. The summed E-state index contributed by atoms with van der Waals surface area (Å²) in [6.07, 6.45) is -13.6. The summed E-state index contributed by atoms with van der Waals surface area (Å²) in [5.74, 6) is -8.17. The molecule has 4 nitrogen and oxygen atoms in total. The van der Waals surface area contributed by atoms with Crippen molar-refractivity contribution >= 4 is 55.0 Å². The zero-order chi connectivity index (χ0) is 30.3. The van der Waals surface area contributed by atoms with E-state index in [1.54, 1.807) is 30.3 Å². The van der Waals surface area contributed by atoms with Crippen molar-refractivity contribution in [3.63, 3.8) is 0 Å². The smallest absolute Gasteiger partial charge is 0.320 e. The van der Waals surface area contributed by atoms with Crippen LogP contribution in [0.4, 0.5) is 50.9 Å². The molecular weight excluding hydrogens is 691 g/mol. The van der Waals surface area contributed by atoms with Gasteiger partial charge in [0.15, 0.2) is 0 Å². The molecule has 1 unspecified atom stereocenters. The lowest BCUT2D eigenvalue weighted by atomic mass is 9.87. The minimum atomic E-state index is -6.89. The highest BCUT2D eigenvalue weighted by molar-refractivity contribution is 9.11. The Morgan fingerprint density at radius 2 is 1.25 bits per heavy atom. The predicted octanol–water partition coefficient (Wildman–Crippen LogP) is 8.67. The van der Waals surface area contributed by atoms with E-state index in [-0.39, 0.29) is 23.4 Å². The molecule has 40 heavy (non-hydrogen) atoms. The maximum absolute atomic E-state index is 14.9. The third-order valence-electron chi connectivity index (χ3n) is 5.68. The Balaban J connectivity index is 1.95. The molecule has 0 saturated heterocycles. The van der Waals surface area contributed by atoms with E-state index < -0.39 is 56.0 Å². The molecule has 2 amide bonds. The average Bonchev–Trinajstić information content (AvgIpc) is 2.88. The summed E-state index contributed by atoms with van der Waals surface area (Å²) in [4.78, 5) is 26.8. The first-order valence-electron chi connectivity index (χ1n) is 10.8. The number of anilines is 2. The number of amides is 2. The molecule has 1 atom stereocenters. The van der Waals surface area contributed by atoms with Crippen molar-refractivity contribution in [3.05, 3.63) is 92.4 Å². The first-order chi connectivity index (χ1) is 18.3. The van der Waals surface area contributed by atoms with Crippen LogP contribution >= 0.6 is 31.9 Å². The molecule has 0 bridgehead atoms. The Morgan fingerprint density at radius 3 is 1.75 bits per heavy atom. The van der Waals surface area contributed by atoms with Crippen LogP contribution in [0, 0.1) is 0 Å². The normalized spacial score (nSPS) is 13.9. The van der Waals surface area contributed by atoms with Gasteiger partial charge in [0.05, 0.1) is 5.69 Å². The molecule has 0 aliphatic heterocycles. The molecule has 3 rings (SSSR count). The van der Waals surface area contributed by atoms with Gasteiger partial charge < -0.3 is 10.2 Å². The number of halogens is 11. The summed E-state index contributed by atoms with van der Waals surface area (Å²) in [5.41, 5.74) is -8.05. The monoisotopic (exact) mass is 704 g/mol. The molecular formula is C25H15Br2F9N2O2. The number of benzene rings is 3. The third kappa shape index (κ3) is 5.71. The fourth-order valence-corrected chi connectivity index (χ4v) is 4.93. The average molecular weight is 706 g/mol. The molecule has 15 heteroatoms. The van der Waals surface area contributed by atoms with Gasteiger partial charge >= 0.3 is 23.9 Å². The second kappa shape index (κ2) is 11.1. The van der Waals surface area contributed by atoms with Gasteiger partial charge in [-0.15, -0.1) is 0 Å². The number of hydrogen-bond acceptors (Lipinski definition) is 2. The largest absolute Gasteiger partial charge is 0.457 e. The standard InChI is InChI=1S/C25H15Br2F9N2O2/c1-38(21(40)13-6-3-2-4-7-13)16-9-5-8-14(10-16)20(39)37-19-17(26)11-15(12-18(19)27)22(28,24(31,32)33)23(29,30)25(34,35)36/h2-12H,1H3,(H,37,39). The van der Waals surface area contributed by atoms with Crippen LogP contribution < -0.4 is 10.2 Å². The lowest BCUT2D eigenvalue weighted by molar-refractivity contribution is -0.389. The molecule has 0 aromatic heterocycles. The van der Waals surface area contributed by atoms with E-state index in [2.05, 4.69) is 37.2 Å². The van der Waals surface area contributed by atoms with Crippen molar-refractivity contribution < 1.29 is 49.1 Å². The zero-order valence-electron chi connectivity index (χ0n) is 19.8. The van der Waals surface area contributed by atoms with E-state index in [1.165, 1.54) is 36.2 Å². The van der Waals surface area contributed by atoms with Gasteiger partial charge in [0, 0.05) is 38.4 Å². The molecule has 214 valence electrons. The fraction of sp³-hybridized carbons (Fsp3) is 0.200. The maximum atomic E-state index is 14.9. The van der Waals surface area contributed by atoms with Crippen LogP contribution in [0.5, 0.6) is 0 Å². The highest BCUT2D eigenvalue weighted by atomic mass is 79.9. The van der Waals surface area contributed by atoms with Crippen LogP contribution in [0.3, 0.4) is 0 Å². The van der Waals surface area contributed by atoms with Gasteiger partial charge in [0.1, 0.15) is 0 Å². The molecule has 0 saturated carbocycles. The van der Waals surface area contributed by atoms with Crippen molar-refractivity contribution in [2.45, 2.75) is 23.9 Å². The minimum Gasteiger partial charge on any atom is -0.320 e. The predicted molar refractivity (Wildman–Crippen MR) is 135 cm³/mol. The highest BCUT2D eigenvalue weighted by Gasteiger charge is 2.81. The van der Waals surface area contributed by atoms with Crippen LogP contribution in [0.15, 0.2) is 75.7 Å². The van der Waals surface area contributed by atoms with Crippen molar-refractivity contribution in [1.29, 1.82) is 0 Å². The Bertz CT molecular complexity index is 1410. The van der Waals surface area contributed by atoms with E-state index in [0.29, 0.717) is 5.56 Å². The van der Waals surface area contributed by atoms with Gasteiger partial charge in [-0.25, -0.2) is 4.39 Å². The number of nitrogens with one attached hydrogen (secondary N) is 1. The number of alkyl halides is 9. The Morgan fingerprint density at radius 1 is 0.725 bits per heavy atom. The molecule has 0 aliphatic rings. The van der Waals surface area contributed by atoms with E-state index in [1.807, 2.05) is 0 Å². The second-order valence-corrected chi connectivity index (χ2v) is 9.99. The summed E-state index contributed by atoms with van der Waals surface area (Å²) < 4.78 is 120. The van der Waals surface area contributed by atoms with Gasteiger partial charge in [-0.2, -0.15) is 35.1 Å². The summed E-state index contributed by atoms with van der Waals surface area (Å²) >= 11 is 5.40. The van der Waals surface area contributed by atoms with Crippen molar-refractivity contribution in [2.75, 3.05) is 17.3 Å². The van der Waals surface area contributed by atoms with Crippen molar-refractivity contribution in [3.8, 4) is 0 Å². The number of carbonyl (C=O) groups excluding carboxylic acids is 2. The molecule has 0 radical (unpaired) electrons. The molecule has 0 fully saturated rings. The van der Waals surface area contributed by atoms with Gasteiger partial charge in [0.25, 0.3) is 11.8 Å². The Kier molecular flexibility index (Phi) is 8.71. The van der Waals surface area contributed by atoms with Gasteiger partial charge in [0.2, 0.25) is 0 Å². The highest BCUT2D eigenvalue weighted by Crippen LogP contribution is 2.59. The van der Waals surface area contributed by atoms with Crippen LogP contribution in [0.2, 0.25) is 0 Å². The third-order valence-corrected chi connectivity index (χ3v) is 6.93. The maximum Gasteiger partial charge on any atom is 0.457 e. The molecule has 0 aliphatic carbocycles. The molecule has 0 heterocycles. The summed E-state index contributed by atoms with van der Waals surface area (Å²) in [7, 11) is 1.44. The number of hydrogen-bond donors (Lipinski definition) is 1. The number of nitrogens with zero attached hydrogens (tertiary/aromatic N) is 1. The summed E-state index contributed by atoms with van der Waals surface area (Å²) in [6, 6.07) is 13.8. The second-order valence-electron chi connectivity index (χ2n) is 8.28. The summed E-state index contributed by atoms with van der Waals surface area (Å²) in [6.45, 7) is 0. The van der Waals surface area contributed by atoms with E-state index in [4.69, 9.17) is 0 Å². The molecule has 3 aromatic rings. The van der Waals surface area contributed by atoms with E-state index in [9.17, 15) is 49.1 Å². The van der Waals surface area contributed by atoms with E-state index >= 15 is 0 Å². The van der Waals surface area contributed by atoms with Crippen molar-refractivity contribution in [1.82, 2.24) is 0 Å². The summed E-state index contributed by atoms with van der Waals surface area (Å²) in [5, 5.41) is 2.26. The Hall–Kier alpha value is -3.07. The molecule has 3 aromatic carbocycles. The minimum absolute atomic E-state index is 0.0631.